The van der Waals surface area contributed by atoms with Crippen LogP contribution in [0.5, 0.6) is 0 Å². The van der Waals surface area contributed by atoms with E-state index >= 15 is 0 Å². The molecule has 3 heterocycles. The molecule has 1 aromatic carbocycles. The molecular weight excluding hydrogens is 348 g/mol. The summed E-state index contributed by atoms with van der Waals surface area (Å²) in [6.45, 7) is 3.87. The molecule has 0 aliphatic rings. The molecular formula is C18H16N6OS. The molecule has 4 rings (SSSR count). The van der Waals surface area contributed by atoms with Crippen LogP contribution < -0.4 is 10.6 Å². The first kappa shape index (κ1) is 16.2. The van der Waals surface area contributed by atoms with Gasteiger partial charge in [0.05, 0.1) is 23.6 Å². The second kappa shape index (κ2) is 6.57. The van der Waals surface area contributed by atoms with Crippen molar-refractivity contribution in [1.29, 1.82) is 0 Å². The van der Waals surface area contributed by atoms with Gasteiger partial charge in [-0.2, -0.15) is 5.10 Å². The van der Waals surface area contributed by atoms with Gasteiger partial charge < -0.3 is 10.6 Å². The fourth-order valence-corrected chi connectivity index (χ4v) is 3.35. The maximum Gasteiger partial charge on any atom is 0.267 e. The SMILES string of the molecule is Cc1cccc(Nc2ncc(C(=O)Nc3c(C)ccc4[nH]ncc34)s2)n1. The number of aryl methyl sites for hydroxylation is 2. The van der Waals surface area contributed by atoms with Gasteiger partial charge in [0.1, 0.15) is 10.7 Å². The molecule has 0 aliphatic carbocycles. The largest absolute Gasteiger partial charge is 0.320 e. The summed E-state index contributed by atoms with van der Waals surface area (Å²) in [4.78, 5) is 21.8. The van der Waals surface area contributed by atoms with Gasteiger partial charge in [-0.1, -0.05) is 23.5 Å². The molecule has 3 N–H and O–H groups in total. The lowest BCUT2D eigenvalue weighted by molar-refractivity contribution is 0.103. The van der Waals surface area contributed by atoms with Gasteiger partial charge >= 0.3 is 0 Å². The van der Waals surface area contributed by atoms with Crippen LogP contribution in [0.25, 0.3) is 10.9 Å². The first-order valence-electron chi connectivity index (χ1n) is 8.01. The molecule has 0 spiro atoms. The average Bonchev–Trinajstić information content (AvgIpc) is 3.27. The number of anilines is 3. The van der Waals surface area contributed by atoms with Crippen molar-refractivity contribution in [1.82, 2.24) is 20.2 Å². The third-order valence-corrected chi connectivity index (χ3v) is 4.84. The van der Waals surface area contributed by atoms with Gasteiger partial charge in [-0.15, -0.1) is 0 Å². The molecule has 3 aromatic heterocycles. The maximum atomic E-state index is 12.6. The van der Waals surface area contributed by atoms with E-state index in [1.54, 1.807) is 12.4 Å². The van der Waals surface area contributed by atoms with Crippen molar-refractivity contribution in [3.8, 4) is 0 Å². The Balaban J connectivity index is 1.55. The minimum atomic E-state index is -0.204. The van der Waals surface area contributed by atoms with Gasteiger partial charge in [0, 0.05) is 11.1 Å². The lowest BCUT2D eigenvalue weighted by Crippen LogP contribution is -2.11. The Morgan fingerprint density at radius 3 is 2.88 bits per heavy atom. The van der Waals surface area contributed by atoms with Crippen LogP contribution in [0.2, 0.25) is 0 Å². The zero-order valence-electron chi connectivity index (χ0n) is 14.2. The number of thiazole rings is 1. The summed E-state index contributed by atoms with van der Waals surface area (Å²) in [6, 6.07) is 9.58. The van der Waals surface area contributed by atoms with Crippen LogP contribution >= 0.6 is 11.3 Å². The van der Waals surface area contributed by atoms with Crippen LogP contribution in [0.15, 0.2) is 42.7 Å². The van der Waals surface area contributed by atoms with Crippen LogP contribution in [-0.4, -0.2) is 26.1 Å². The Kier molecular flexibility index (Phi) is 4.10. The molecule has 4 aromatic rings. The number of amides is 1. The zero-order valence-corrected chi connectivity index (χ0v) is 15.0. The summed E-state index contributed by atoms with van der Waals surface area (Å²) >= 11 is 1.28. The summed E-state index contributed by atoms with van der Waals surface area (Å²) < 4.78 is 0. The minimum Gasteiger partial charge on any atom is -0.320 e. The number of carbonyl (C=O) groups is 1. The second-order valence-corrected chi connectivity index (χ2v) is 6.89. The molecule has 0 saturated carbocycles. The predicted molar refractivity (Wildman–Crippen MR) is 103 cm³/mol. The highest BCUT2D eigenvalue weighted by molar-refractivity contribution is 7.17. The highest BCUT2D eigenvalue weighted by Crippen LogP contribution is 2.28. The van der Waals surface area contributed by atoms with Crippen LogP contribution in [0, 0.1) is 13.8 Å². The smallest absolute Gasteiger partial charge is 0.267 e. The number of hydrogen-bond donors (Lipinski definition) is 3. The van der Waals surface area contributed by atoms with Crippen LogP contribution in [0.4, 0.5) is 16.6 Å². The number of aromatic amines is 1. The summed E-state index contributed by atoms with van der Waals surface area (Å²) in [5.74, 6) is 0.495. The lowest BCUT2D eigenvalue weighted by atomic mass is 10.1. The Labute approximate surface area is 153 Å². The van der Waals surface area contributed by atoms with Crippen molar-refractivity contribution in [2.45, 2.75) is 13.8 Å². The number of nitrogens with one attached hydrogen (secondary N) is 3. The Hall–Kier alpha value is -3.26. The van der Waals surface area contributed by atoms with Gasteiger partial charge in [0.15, 0.2) is 5.13 Å². The van der Waals surface area contributed by atoms with E-state index < -0.39 is 0 Å². The molecule has 0 aliphatic heterocycles. The number of pyridine rings is 1. The molecule has 0 saturated heterocycles. The molecule has 8 heteroatoms. The van der Waals surface area contributed by atoms with E-state index in [-0.39, 0.29) is 5.91 Å². The first-order chi connectivity index (χ1) is 12.6. The van der Waals surface area contributed by atoms with E-state index in [2.05, 4.69) is 30.8 Å². The molecule has 130 valence electrons. The normalized spacial score (nSPS) is 10.8. The number of carbonyl (C=O) groups excluding carboxylic acids is 1. The van der Waals surface area contributed by atoms with Gasteiger partial charge in [0.25, 0.3) is 5.91 Å². The van der Waals surface area contributed by atoms with E-state index in [1.807, 2.05) is 44.2 Å². The number of aromatic nitrogens is 4. The molecule has 7 nitrogen and oxygen atoms in total. The molecule has 0 radical (unpaired) electrons. The maximum absolute atomic E-state index is 12.6. The lowest BCUT2D eigenvalue weighted by Gasteiger charge is -2.08. The van der Waals surface area contributed by atoms with Crippen molar-refractivity contribution in [2.24, 2.45) is 0 Å². The van der Waals surface area contributed by atoms with Gasteiger partial charge in [0.2, 0.25) is 0 Å². The van der Waals surface area contributed by atoms with E-state index in [1.165, 1.54) is 11.3 Å². The van der Waals surface area contributed by atoms with Crippen molar-refractivity contribution < 1.29 is 4.79 Å². The highest BCUT2D eigenvalue weighted by atomic mass is 32.1. The topological polar surface area (TPSA) is 95.6 Å². The summed E-state index contributed by atoms with van der Waals surface area (Å²) in [7, 11) is 0. The van der Waals surface area contributed by atoms with Crippen molar-refractivity contribution in [3.63, 3.8) is 0 Å². The number of H-pyrrole nitrogens is 1. The molecule has 0 fully saturated rings. The standard InChI is InChI=1S/C18H16N6OS/c1-10-6-7-13-12(8-20-24-13)16(10)23-17(25)14-9-19-18(26-14)22-15-5-3-4-11(2)21-15/h3-9H,1-2H3,(H,20,24)(H,23,25)(H,19,21,22). The minimum absolute atomic E-state index is 0.204. The summed E-state index contributed by atoms with van der Waals surface area (Å²) in [6.07, 6.45) is 3.27. The number of fused-ring (bicyclic) bond motifs is 1. The van der Waals surface area contributed by atoms with Crippen LogP contribution in [0.1, 0.15) is 20.9 Å². The highest BCUT2D eigenvalue weighted by Gasteiger charge is 2.15. The first-order valence-corrected chi connectivity index (χ1v) is 8.82. The second-order valence-electron chi connectivity index (χ2n) is 5.86. The predicted octanol–water partition coefficient (Wildman–Crippen LogP) is 4.03. The third kappa shape index (κ3) is 3.14. The fourth-order valence-electron chi connectivity index (χ4n) is 2.63. The van der Waals surface area contributed by atoms with E-state index in [9.17, 15) is 4.79 Å². The van der Waals surface area contributed by atoms with Gasteiger partial charge in [-0.3, -0.25) is 9.89 Å². The number of hydrogen-bond acceptors (Lipinski definition) is 6. The Morgan fingerprint density at radius 1 is 1.15 bits per heavy atom. The van der Waals surface area contributed by atoms with E-state index in [0.717, 1.165) is 27.8 Å². The summed E-state index contributed by atoms with van der Waals surface area (Å²) in [5, 5.41) is 14.5. The van der Waals surface area contributed by atoms with Crippen molar-refractivity contribution in [2.75, 3.05) is 10.6 Å². The average molecular weight is 364 g/mol. The quantitative estimate of drug-likeness (QED) is 0.508. The molecule has 26 heavy (non-hydrogen) atoms. The number of nitrogens with zero attached hydrogens (tertiary/aromatic N) is 3. The number of benzene rings is 1. The van der Waals surface area contributed by atoms with Gasteiger partial charge in [-0.05, 0) is 37.6 Å². The zero-order chi connectivity index (χ0) is 18.1. The fraction of sp³-hybridized carbons (Fsp3) is 0.111. The van der Waals surface area contributed by atoms with Crippen molar-refractivity contribution in [3.05, 3.63) is 58.9 Å². The Bertz CT molecular complexity index is 1100. The van der Waals surface area contributed by atoms with Crippen LogP contribution in [0.3, 0.4) is 0 Å². The molecule has 1 amide bonds. The summed E-state index contributed by atoms with van der Waals surface area (Å²) in [5.41, 5.74) is 3.51. The van der Waals surface area contributed by atoms with Crippen LogP contribution in [-0.2, 0) is 0 Å². The monoisotopic (exact) mass is 364 g/mol. The van der Waals surface area contributed by atoms with Crippen molar-refractivity contribution >= 4 is 44.8 Å². The van der Waals surface area contributed by atoms with E-state index in [0.29, 0.717) is 15.8 Å². The van der Waals surface area contributed by atoms with E-state index in [4.69, 9.17) is 0 Å². The Morgan fingerprint density at radius 2 is 2.04 bits per heavy atom. The molecule has 0 atom stereocenters. The molecule has 0 bridgehead atoms. The number of rotatable bonds is 4. The third-order valence-electron chi connectivity index (χ3n) is 3.92. The van der Waals surface area contributed by atoms with Gasteiger partial charge in [-0.25, -0.2) is 9.97 Å². The molecule has 0 unspecified atom stereocenters.